The van der Waals surface area contributed by atoms with Gasteiger partial charge in [0.2, 0.25) is 15.7 Å². The second-order valence-electron chi connectivity index (χ2n) is 8.18. The zero-order chi connectivity index (χ0) is 19.9. The summed E-state index contributed by atoms with van der Waals surface area (Å²) in [4.78, 5) is 12.6. The van der Waals surface area contributed by atoms with Crippen LogP contribution in [0.1, 0.15) is 68.9 Å². The fourth-order valence-electron chi connectivity index (χ4n) is 3.54. The van der Waals surface area contributed by atoms with Gasteiger partial charge in [-0.05, 0) is 37.2 Å². The molecular weight excluding hydrogens is 376 g/mol. The molecule has 2 saturated carbocycles. The fourth-order valence-corrected chi connectivity index (χ4v) is 4.81. The van der Waals surface area contributed by atoms with Crippen LogP contribution in [-0.4, -0.2) is 34.8 Å². The molecule has 1 aromatic heterocycles. The Morgan fingerprint density at radius 1 is 1.14 bits per heavy atom. The van der Waals surface area contributed by atoms with E-state index in [1.54, 1.807) is 4.57 Å². The number of carbonyl (C=O) groups is 1. The van der Waals surface area contributed by atoms with Crippen LogP contribution in [0.3, 0.4) is 0 Å². The molecule has 2 aromatic rings. The molecule has 0 spiro atoms. The molecule has 28 heavy (non-hydrogen) atoms. The highest BCUT2D eigenvalue weighted by molar-refractivity contribution is 7.91. The van der Waals surface area contributed by atoms with E-state index < -0.39 is 21.5 Å². The van der Waals surface area contributed by atoms with Crippen molar-refractivity contribution in [1.82, 2.24) is 20.1 Å². The molecule has 1 heterocycles. The quantitative estimate of drug-likeness (QED) is 0.733. The van der Waals surface area contributed by atoms with Gasteiger partial charge >= 0.3 is 0 Å². The van der Waals surface area contributed by atoms with E-state index in [0.29, 0.717) is 5.92 Å². The summed E-state index contributed by atoms with van der Waals surface area (Å²) in [5.74, 6) is 0.0880. The van der Waals surface area contributed by atoms with Crippen molar-refractivity contribution in [2.24, 2.45) is 5.92 Å². The predicted molar refractivity (Wildman–Crippen MR) is 104 cm³/mol. The lowest BCUT2D eigenvalue weighted by Crippen LogP contribution is -2.36. The van der Waals surface area contributed by atoms with Crippen LogP contribution in [0.4, 0.5) is 0 Å². The molecule has 0 radical (unpaired) electrons. The van der Waals surface area contributed by atoms with Gasteiger partial charge in [0.05, 0.1) is 6.04 Å². The summed E-state index contributed by atoms with van der Waals surface area (Å²) in [6.07, 6.45) is 3.93. The highest BCUT2D eigenvalue weighted by atomic mass is 32.2. The van der Waals surface area contributed by atoms with Crippen LogP contribution >= 0.6 is 0 Å². The molecule has 1 amide bonds. The minimum Gasteiger partial charge on any atom is -0.348 e. The minimum atomic E-state index is -3.86. The van der Waals surface area contributed by atoms with Crippen molar-refractivity contribution in [2.75, 3.05) is 5.75 Å². The van der Waals surface area contributed by atoms with E-state index in [4.69, 9.17) is 0 Å². The molecule has 0 unspecified atom stereocenters. The highest BCUT2D eigenvalue weighted by Crippen LogP contribution is 2.45. The third kappa shape index (κ3) is 3.97. The molecule has 2 aliphatic rings. The summed E-state index contributed by atoms with van der Waals surface area (Å²) in [6.45, 7) is 4.00. The molecular formula is C20H26N4O3S. The lowest BCUT2D eigenvalue weighted by atomic mass is 9.96. The molecule has 150 valence electrons. The van der Waals surface area contributed by atoms with E-state index in [0.717, 1.165) is 37.1 Å². The van der Waals surface area contributed by atoms with Gasteiger partial charge in [0.25, 0.3) is 5.16 Å². The third-order valence-electron chi connectivity index (χ3n) is 5.29. The van der Waals surface area contributed by atoms with Gasteiger partial charge in [0.1, 0.15) is 11.6 Å². The maximum Gasteiger partial charge on any atom is 0.250 e. The molecule has 8 heteroatoms. The summed E-state index contributed by atoms with van der Waals surface area (Å²) in [6, 6.07) is 9.51. The normalized spacial score (nSPS) is 18.2. The van der Waals surface area contributed by atoms with Crippen LogP contribution in [0.5, 0.6) is 0 Å². The van der Waals surface area contributed by atoms with Crippen molar-refractivity contribution in [3.63, 3.8) is 0 Å². The Morgan fingerprint density at radius 2 is 1.82 bits per heavy atom. The van der Waals surface area contributed by atoms with Crippen LogP contribution in [0.2, 0.25) is 0 Å². The molecule has 1 aromatic carbocycles. The second-order valence-corrected chi connectivity index (χ2v) is 10.1. The van der Waals surface area contributed by atoms with Crippen LogP contribution in [-0.2, 0) is 14.6 Å². The molecule has 2 fully saturated rings. The average molecular weight is 403 g/mol. The number of carbonyl (C=O) groups excluding carboxylic acids is 1. The number of aromatic nitrogens is 3. The first kappa shape index (κ1) is 19.1. The molecule has 0 bridgehead atoms. The van der Waals surface area contributed by atoms with Gasteiger partial charge in [-0.25, -0.2) is 8.42 Å². The first-order chi connectivity index (χ1) is 13.4. The number of hydrogen-bond acceptors (Lipinski definition) is 5. The van der Waals surface area contributed by atoms with Gasteiger partial charge in [0.15, 0.2) is 0 Å². The van der Waals surface area contributed by atoms with Crippen molar-refractivity contribution in [3.8, 4) is 0 Å². The molecule has 7 nitrogen and oxygen atoms in total. The van der Waals surface area contributed by atoms with Gasteiger partial charge in [-0.15, -0.1) is 10.2 Å². The SMILES string of the molecule is CC(C)[C@@H](NC(=O)CS(=O)(=O)c1nnc(C2CC2)n1C1CC1)c1ccccc1. The van der Waals surface area contributed by atoms with Crippen LogP contribution in [0.15, 0.2) is 35.5 Å². The third-order valence-corrected chi connectivity index (χ3v) is 6.76. The number of nitrogens with one attached hydrogen (secondary N) is 1. The maximum atomic E-state index is 13.0. The standard InChI is InChI=1S/C20H26N4O3S/c1-13(2)18(14-6-4-3-5-7-14)21-17(25)12-28(26,27)20-23-22-19(15-8-9-15)24(20)16-10-11-16/h3-7,13,15-16,18H,8-12H2,1-2H3,(H,21,25)/t18-/m1/s1. The van der Waals surface area contributed by atoms with Crippen molar-refractivity contribution < 1.29 is 13.2 Å². The lowest BCUT2D eigenvalue weighted by molar-refractivity contribution is -0.119. The van der Waals surface area contributed by atoms with Crippen molar-refractivity contribution >= 4 is 15.7 Å². The monoisotopic (exact) mass is 402 g/mol. The highest BCUT2D eigenvalue weighted by Gasteiger charge is 2.40. The molecule has 0 aliphatic heterocycles. The number of benzene rings is 1. The van der Waals surface area contributed by atoms with Crippen LogP contribution < -0.4 is 5.32 Å². The molecule has 1 N–H and O–H groups in total. The number of sulfone groups is 1. The Morgan fingerprint density at radius 3 is 2.39 bits per heavy atom. The average Bonchev–Trinajstić information content (AvgIpc) is 3.58. The first-order valence-corrected chi connectivity index (χ1v) is 11.5. The Balaban J connectivity index is 1.52. The van der Waals surface area contributed by atoms with E-state index in [9.17, 15) is 13.2 Å². The summed E-state index contributed by atoms with van der Waals surface area (Å²) >= 11 is 0. The van der Waals surface area contributed by atoms with Crippen LogP contribution in [0.25, 0.3) is 0 Å². The number of hydrogen-bond donors (Lipinski definition) is 1. The molecule has 0 saturated heterocycles. The molecule has 4 rings (SSSR count). The molecule has 2 aliphatic carbocycles. The minimum absolute atomic E-state index is 0.0483. The van der Waals surface area contributed by atoms with E-state index >= 15 is 0 Å². The predicted octanol–water partition coefficient (Wildman–Crippen LogP) is 2.78. The zero-order valence-electron chi connectivity index (χ0n) is 16.2. The van der Waals surface area contributed by atoms with E-state index in [1.807, 2.05) is 44.2 Å². The van der Waals surface area contributed by atoms with Gasteiger partial charge in [-0.1, -0.05) is 44.2 Å². The fraction of sp³-hybridized carbons (Fsp3) is 0.550. The van der Waals surface area contributed by atoms with E-state index in [2.05, 4.69) is 15.5 Å². The van der Waals surface area contributed by atoms with Gasteiger partial charge in [0, 0.05) is 12.0 Å². The Labute approximate surface area is 165 Å². The van der Waals surface area contributed by atoms with Gasteiger partial charge in [-0.3, -0.25) is 9.36 Å². The van der Waals surface area contributed by atoms with Gasteiger partial charge < -0.3 is 5.32 Å². The maximum absolute atomic E-state index is 13.0. The smallest absolute Gasteiger partial charge is 0.250 e. The summed E-state index contributed by atoms with van der Waals surface area (Å²) in [5, 5.41) is 11.0. The van der Waals surface area contributed by atoms with Crippen molar-refractivity contribution in [1.29, 1.82) is 0 Å². The Hall–Kier alpha value is -2.22. The summed E-state index contributed by atoms with van der Waals surface area (Å²) in [5.41, 5.74) is 0.959. The van der Waals surface area contributed by atoms with Crippen molar-refractivity contribution in [3.05, 3.63) is 41.7 Å². The Kier molecular flexibility index (Phi) is 4.99. The first-order valence-electron chi connectivity index (χ1n) is 9.88. The largest absolute Gasteiger partial charge is 0.348 e. The lowest BCUT2D eigenvalue weighted by Gasteiger charge is -2.23. The topological polar surface area (TPSA) is 93.9 Å². The number of nitrogens with zero attached hydrogens (tertiary/aromatic N) is 3. The molecule has 1 atom stereocenters. The van der Waals surface area contributed by atoms with Crippen molar-refractivity contribution in [2.45, 2.75) is 62.7 Å². The second kappa shape index (κ2) is 7.31. The summed E-state index contributed by atoms with van der Waals surface area (Å²) in [7, 11) is -3.86. The van der Waals surface area contributed by atoms with E-state index in [1.165, 1.54) is 0 Å². The van der Waals surface area contributed by atoms with Crippen LogP contribution in [0, 0.1) is 5.92 Å². The zero-order valence-corrected chi connectivity index (χ0v) is 17.0. The number of rotatable bonds is 8. The van der Waals surface area contributed by atoms with E-state index in [-0.39, 0.29) is 23.2 Å². The van der Waals surface area contributed by atoms with Gasteiger partial charge in [-0.2, -0.15) is 0 Å². The number of amides is 1. The Bertz CT molecular complexity index is 961. The summed E-state index contributed by atoms with van der Waals surface area (Å²) < 4.78 is 27.7.